The van der Waals surface area contributed by atoms with Gasteiger partial charge in [-0.05, 0) is 66.5 Å². The second-order valence-electron chi connectivity index (χ2n) is 19.0. The molecule has 8 rings (SSSR count). The maximum Gasteiger partial charge on any atom is 0.356 e. The van der Waals surface area contributed by atoms with E-state index in [1.54, 1.807) is 17.1 Å². The molecular formula is C46H62N10O4Si. The number of nitrogen functional groups attached to an aromatic ring is 1. The number of aryl methyl sites for hydroxylation is 1. The number of benzene rings is 2. The van der Waals surface area contributed by atoms with Crippen molar-refractivity contribution in [2.75, 3.05) is 17.7 Å². The molecule has 0 bridgehead atoms. The zero-order valence-electron chi connectivity index (χ0n) is 36.7. The fourth-order valence-electron chi connectivity index (χ4n) is 7.56. The second kappa shape index (κ2) is 19.3. The monoisotopic (exact) mass is 846 g/mol. The number of aromatic amines is 1. The van der Waals surface area contributed by atoms with E-state index in [1.807, 2.05) is 58.2 Å². The van der Waals surface area contributed by atoms with Crippen LogP contribution in [-0.2, 0) is 50.2 Å². The van der Waals surface area contributed by atoms with Crippen LogP contribution in [0.4, 0.5) is 11.4 Å². The van der Waals surface area contributed by atoms with E-state index in [1.165, 1.54) is 5.56 Å². The minimum atomic E-state index is -1.10. The number of carboxylic acid groups (broad SMARTS) is 1. The molecule has 0 saturated carbocycles. The number of nitrogens with zero attached hydrogens (tertiary/aromatic N) is 7. The van der Waals surface area contributed by atoms with Gasteiger partial charge in [-0.1, -0.05) is 108 Å². The quantitative estimate of drug-likeness (QED) is 0.0695. The summed E-state index contributed by atoms with van der Waals surface area (Å²) < 4.78 is 11.1. The van der Waals surface area contributed by atoms with Gasteiger partial charge in [0, 0.05) is 49.6 Å². The highest BCUT2D eigenvalue weighted by Crippen LogP contribution is 2.37. The van der Waals surface area contributed by atoms with Gasteiger partial charge >= 0.3 is 5.97 Å². The number of aromatic nitrogens is 8. The number of carbonyl (C=O) groups excluding carboxylic acids is 1. The molecule has 324 valence electrons. The lowest BCUT2D eigenvalue weighted by molar-refractivity contribution is 0.0668. The first kappa shape index (κ1) is 44.7. The summed E-state index contributed by atoms with van der Waals surface area (Å²) in [6.45, 7) is 18.3. The van der Waals surface area contributed by atoms with Crippen LogP contribution in [-0.4, -0.2) is 71.2 Å². The number of nitrogens with one attached hydrogen (secondary N) is 2. The zero-order valence-corrected chi connectivity index (χ0v) is 37.7. The third kappa shape index (κ3) is 12.8. The Morgan fingerprint density at radius 3 is 2.02 bits per heavy atom. The summed E-state index contributed by atoms with van der Waals surface area (Å²) in [6, 6.07) is 21.4. The highest BCUT2D eigenvalue weighted by atomic mass is 28.3. The number of rotatable bonds is 12. The molecule has 0 unspecified atom stereocenters. The van der Waals surface area contributed by atoms with Crippen molar-refractivity contribution in [2.24, 2.45) is 10.8 Å². The normalized spacial score (nSPS) is 15.0. The van der Waals surface area contributed by atoms with Crippen LogP contribution in [0.25, 0.3) is 0 Å². The van der Waals surface area contributed by atoms with Crippen LogP contribution in [0.1, 0.15) is 95.2 Å². The van der Waals surface area contributed by atoms with Crippen LogP contribution in [0.15, 0.2) is 85.5 Å². The summed E-state index contributed by atoms with van der Waals surface area (Å²) in [5, 5.41) is 32.3. The number of anilines is 2. The Labute approximate surface area is 359 Å². The Kier molecular flexibility index (Phi) is 14.1. The number of carboxylic acids is 1. The number of hydrogen-bond donors (Lipinski definition) is 4. The number of amides is 1. The fourth-order valence-corrected chi connectivity index (χ4v) is 8.32. The molecule has 6 aromatic rings. The topological polar surface area (TPSA) is 184 Å². The van der Waals surface area contributed by atoms with Crippen LogP contribution in [0.5, 0.6) is 0 Å². The molecule has 4 aromatic heterocycles. The average Bonchev–Trinajstić information content (AvgIpc) is 4.00. The van der Waals surface area contributed by atoms with Crippen molar-refractivity contribution in [1.82, 2.24) is 39.5 Å². The molecule has 0 saturated heterocycles. The highest BCUT2D eigenvalue weighted by Gasteiger charge is 2.33. The number of hydrogen-bond acceptors (Lipinski definition) is 8. The fraction of sp³-hybridized carbons (Fsp3) is 0.435. The van der Waals surface area contributed by atoms with E-state index in [4.69, 9.17) is 10.5 Å². The number of ether oxygens (including phenoxy) is 1. The van der Waals surface area contributed by atoms with Crippen LogP contribution in [0.3, 0.4) is 0 Å². The van der Waals surface area contributed by atoms with Gasteiger partial charge in [-0.3, -0.25) is 19.3 Å². The predicted octanol–water partition coefficient (Wildman–Crippen LogP) is 8.34. The van der Waals surface area contributed by atoms with Gasteiger partial charge in [0.05, 0.1) is 36.9 Å². The minimum Gasteiger partial charge on any atom is -0.476 e. The van der Waals surface area contributed by atoms with E-state index in [0.717, 1.165) is 85.8 Å². The third-order valence-electron chi connectivity index (χ3n) is 11.1. The number of H-pyrrole nitrogens is 1. The van der Waals surface area contributed by atoms with Crippen molar-refractivity contribution in [1.29, 1.82) is 0 Å². The SMILES string of the molecule is CC1(C)CCc2[nH]nc(C(=O)Nc3cnn(Cc4ccccc4)c3)c2C1.CC1(C)CCc2c(c(C(=O)O)nn2COCC[Si](C)(C)C)C1.Nc1cnn(Cc2ccccc2)c1. The zero-order chi connectivity index (χ0) is 43.8. The predicted molar refractivity (Wildman–Crippen MR) is 241 cm³/mol. The maximum absolute atomic E-state index is 12.7. The van der Waals surface area contributed by atoms with Crippen LogP contribution < -0.4 is 11.1 Å². The molecule has 0 aliphatic heterocycles. The highest BCUT2D eigenvalue weighted by molar-refractivity contribution is 6.76. The van der Waals surface area contributed by atoms with Crippen molar-refractivity contribution in [3.63, 3.8) is 0 Å². The number of aromatic carboxylic acids is 1. The van der Waals surface area contributed by atoms with E-state index in [9.17, 15) is 14.7 Å². The van der Waals surface area contributed by atoms with Crippen molar-refractivity contribution in [3.05, 3.63) is 130 Å². The average molecular weight is 847 g/mol. The Morgan fingerprint density at radius 1 is 0.836 bits per heavy atom. The summed E-state index contributed by atoms with van der Waals surface area (Å²) in [5.74, 6) is -1.12. The molecule has 14 nitrogen and oxygen atoms in total. The lowest BCUT2D eigenvalue weighted by atomic mass is 9.76. The molecule has 4 heterocycles. The minimum absolute atomic E-state index is 0.143. The first-order chi connectivity index (χ1) is 28.9. The molecule has 15 heteroatoms. The third-order valence-corrected chi connectivity index (χ3v) is 12.8. The van der Waals surface area contributed by atoms with Gasteiger partial charge in [0.15, 0.2) is 11.4 Å². The smallest absolute Gasteiger partial charge is 0.356 e. The molecule has 0 radical (unpaired) electrons. The van der Waals surface area contributed by atoms with Crippen LogP contribution >= 0.6 is 0 Å². The number of nitrogens with two attached hydrogens (primary N) is 1. The van der Waals surface area contributed by atoms with Gasteiger partial charge in [-0.2, -0.15) is 20.4 Å². The Bertz CT molecular complexity index is 2370. The Hall–Kier alpha value is -5.80. The standard InChI is InChI=1S/C20H23N5O.C16H28N2O3Si.C10H11N3/c1-20(2)9-8-17-16(10-20)18(24-23-17)19(26)22-15-11-21-25(13-15)12-14-6-4-3-5-7-14;1-16(2)7-6-13-12(10-16)14(15(19)20)17-18(13)11-21-8-9-22(3,4)5;11-10-6-12-13(8-10)7-9-4-2-1-3-5-9/h3-7,11,13H,8-10,12H2,1-2H3,(H,22,26)(H,23,24);6-11H2,1-5H3,(H,19,20);1-6,8H,7,11H2. The molecule has 0 spiro atoms. The second-order valence-corrected chi connectivity index (χ2v) is 24.6. The summed E-state index contributed by atoms with van der Waals surface area (Å²) in [5.41, 5.74) is 14.5. The van der Waals surface area contributed by atoms with Gasteiger partial charge in [0.1, 0.15) is 6.73 Å². The van der Waals surface area contributed by atoms with Crippen molar-refractivity contribution < 1.29 is 19.4 Å². The molecular weight excluding hydrogens is 785 g/mol. The lowest BCUT2D eigenvalue weighted by Crippen LogP contribution is -2.25. The largest absolute Gasteiger partial charge is 0.476 e. The number of fused-ring (bicyclic) bond motifs is 2. The first-order valence-corrected chi connectivity index (χ1v) is 24.8. The van der Waals surface area contributed by atoms with E-state index in [-0.39, 0.29) is 22.4 Å². The molecule has 1 amide bonds. The van der Waals surface area contributed by atoms with Gasteiger partial charge in [0.2, 0.25) is 0 Å². The maximum atomic E-state index is 12.7. The van der Waals surface area contributed by atoms with E-state index in [0.29, 0.717) is 30.3 Å². The Balaban J connectivity index is 0.000000161. The molecule has 0 atom stereocenters. The van der Waals surface area contributed by atoms with Crippen molar-refractivity contribution in [2.45, 2.75) is 112 Å². The van der Waals surface area contributed by atoms with Crippen molar-refractivity contribution >= 4 is 31.3 Å². The van der Waals surface area contributed by atoms with Crippen LogP contribution in [0, 0.1) is 10.8 Å². The van der Waals surface area contributed by atoms with E-state index in [2.05, 4.69) is 102 Å². The Morgan fingerprint density at radius 2 is 1.43 bits per heavy atom. The molecule has 2 aromatic carbocycles. The lowest BCUT2D eigenvalue weighted by Gasteiger charge is -2.29. The van der Waals surface area contributed by atoms with E-state index >= 15 is 0 Å². The number of carbonyl (C=O) groups is 2. The first-order valence-electron chi connectivity index (χ1n) is 21.1. The van der Waals surface area contributed by atoms with Gasteiger partial charge < -0.3 is 20.9 Å². The molecule has 0 fully saturated rings. The van der Waals surface area contributed by atoms with Gasteiger partial charge in [-0.15, -0.1) is 0 Å². The van der Waals surface area contributed by atoms with E-state index < -0.39 is 14.0 Å². The van der Waals surface area contributed by atoms with Crippen LogP contribution in [0.2, 0.25) is 25.7 Å². The summed E-state index contributed by atoms with van der Waals surface area (Å²) in [4.78, 5) is 24.1. The molecule has 2 aliphatic rings. The van der Waals surface area contributed by atoms with Gasteiger partial charge in [-0.25, -0.2) is 9.48 Å². The summed E-state index contributed by atoms with van der Waals surface area (Å²) >= 11 is 0. The molecule has 2 aliphatic carbocycles. The molecule has 5 N–H and O–H groups in total. The van der Waals surface area contributed by atoms with Gasteiger partial charge in [0.25, 0.3) is 5.91 Å². The summed E-state index contributed by atoms with van der Waals surface area (Å²) in [6.07, 6.45) is 12.6. The van der Waals surface area contributed by atoms with Crippen molar-refractivity contribution in [3.8, 4) is 0 Å². The molecule has 61 heavy (non-hydrogen) atoms. The summed E-state index contributed by atoms with van der Waals surface area (Å²) in [7, 11) is -1.10.